The van der Waals surface area contributed by atoms with Gasteiger partial charge in [-0.3, -0.25) is 14.4 Å². The summed E-state index contributed by atoms with van der Waals surface area (Å²) >= 11 is 0. The second kappa shape index (κ2) is 9.22. The molecule has 0 radical (unpaired) electrons. The lowest BCUT2D eigenvalue weighted by atomic mass is 9.70. The van der Waals surface area contributed by atoms with Crippen LogP contribution in [0, 0.1) is 11.8 Å². The van der Waals surface area contributed by atoms with E-state index in [-0.39, 0.29) is 36.5 Å². The second-order valence-electron chi connectivity index (χ2n) is 9.04. The maximum atomic E-state index is 13.6. The van der Waals surface area contributed by atoms with Crippen LogP contribution >= 0.6 is 0 Å². The quantitative estimate of drug-likeness (QED) is 0.485. The molecule has 1 spiro atoms. The highest BCUT2D eigenvalue weighted by Crippen LogP contribution is 2.58. The van der Waals surface area contributed by atoms with Crippen molar-refractivity contribution in [2.24, 2.45) is 11.8 Å². The standard InChI is InChI=1S/C22H37N3O5/c1-5-8-13(4)24-20(28)18-22-10-9-15(30-22)16(19(27)23-11-6-2)17(22)21(29)25(18)14(7-3)12-26/h13-18,26H,5-12H2,1-4H3,(H,23,27)(H,24,28)/t13?,14-,15+,16-,17-,18?,22?/m0/s1. The molecule has 0 aromatic rings. The molecule has 8 heteroatoms. The molecule has 3 fully saturated rings. The van der Waals surface area contributed by atoms with Crippen LogP contribution in [0.2, 0.25) is 0 Å². The van der Waals surface area contributed by atoms with Crippen LogP contribution < -0.4 is 10.6 Å². The predicted octanol–water partition coefficient (Wildman–Crippen LogP) is 0.963. The van der Waals surface area contributed by atoms with Crippen molar-refractivity contribution in [2.45, 2.75) is 96.1 Å². The van der Waals surface area contributed by atoms with Crippen LogP contribution in [0.4, 0.5) is 0 Å². The molecule has 3 saturated heterocycles. The Morgan fingerprint density at radius 2 is 2.00 bits per heavy atom. The third-order valence-electron chi connectivity index (χ3n) is 7.02. The smallest absolute Gasteiger partial charge is 0.246 e. The Balaban J connectivity index is 1.96. The van der Waals surface area contributed by atoms with Crippen molar-refractivity contribution < 1.29 is 24.2 Å². The zero-order chi connectivity index (χ0) is 22.1. The molecule has 30 heavy (non-hydrogen) atoms. The molecule has 170 valence electrons. The fourth-order valence-corrected chi connectivity index (χ4v) is 5.69. The Hall–Kier alpha value is -1.67. The molecule has 3 aliphatic rings. The van der Waals surface area contributed by atoms with E-state index in [4.69, 9.17) is 4.74 Å². The Bertz CT molecular complexity index is 667. The van der Waals surface area contributed by atoms with Crippen molar-refractivity contribution in [3.8, 4) is 0 Å². The Labute approximate surface area is 179 Å². The van der Waals surface area contributed by atoms with Gasteiger partial charge in [0.15, 0.2) is 0 Å². The average Bonchev–Trinajstić information content (AvgIpc) is 3.35. The Morgan fingerprint density at radius 1 is 1.27 bits per heavy atom. The van der Waals surface area contributed by atoms with Crippen LogP contribution in [-0.2, 0) is 19.1 Å². The number of aliphatic hydroxyl groups excluding tert-OH is 1. The van der Waals surface area contributed by atoms with Crippen LogP contribution in [0.5, 0.6) is 0 Å². The van der Waals surface area contributed by atoms with Gasteiger partial charge >= 0.3 is 0 Å². The van der Waals surface area contributed by atoms with Gasteiger partial charge in [-0.15, -0.1) is 0 Å². The van der Waals surface area contributed by atoms with Crippen molar-refractivity contribution in [1.82, 2.24) is 15.5 Å². The lowest BCUT2D eigenvalue weighted by molar-refractivity contribution is -0.146. The minimum atomic E-state index is -0.991. The van der Waals surface area contributed by atoms with E-state index in [1.54, 1.807) is 0 Å². The van der Waals surface area contributed by atoms with Gasteiger partial charge in [-0.1, -0.05) is 27.2 Å². The number of ether oxygens (including phenoxy) is 1. The molecule has 0 aliphatic carbocycles. The SMILES string of the molecule is CCCNC(=O)[C@@H]1[C@H]2C(=O)N([C@@H](CC)CO)C(C(=O)NC(C)CCC)C23CC[C@H]1O3. The highest BCUT2D eigenvalue weighted by Gasteiger charge is 2.74. The first-order chi connectivity index (χ1) is 14.4. The molecule has 0 saturated carbocycles. The van der Waals surface area contributed by atoms with E-state index in [1.807, 2.05) is 20.8 Å². The minimum Gasteiger partial charge on any atom is -0.394 e. The molecule has 3 amide bonds. The molecule has 3 aliphatic heterocycles. The van der Waals surface area contributed by atoms with Gasteiger partial charge in [-0.2, -0.15) is 0 Å². The van der Waals surface area contributed by atoms with Crippen molar-refractivity contribution >= 4 is 17.7 Å². The second-order valence-corrected chi connectivity index (χ2v) is 9.04. The van der Waals surface area contributed by atoms with Crippen LogP contribution in [0.15, 0.2) is 0 Å². The van der Waals surface area contributed by atoms with E-state index >= 15 is 0 Å². The molecule has 3 N–H and O–H groups in total. The number of carbonyl (C=O) groups excluding carboxylic acids is 3. The van der Waals surface area contributed by atoms with Gasteiger partial charge in [-0.05, 0) is 39.0 Å². The summed E-state index contributed by atoms with van der Waals surface area (Å²) in [5, 5.41) is 15.9. The van der Waals surface area contributed by atoms with Crippen molar-refractivity contribution in [3.05, 3.63) is 0 Å². The van der Waals surface area contributed by atoms with Crippen LogP contribution in [-0.4, -0.2) is 70.7 Å². The summed E-state index contributed by atoms with van der Waals surface area (Å²) in [6.45, 7) is 8.20. The molecule has 0 aromatic heterocycles. The van der Waals surface area contributed by atoms with E-state index in [2.05, 4.69) is 17.6 Å². The topological polar surface area (TPSA) is 108 Å². The Morgan fingerprint density at radius 3 is 2.60 bits per heavy atom. The summed E-state index contributed by atoms with van der Waals surface area (Å²) in [7, 11) is 0. The molecular weight excluding hydrogens is 386 g/mol. The summed E-state index contributed by atoms with van der Waals surface area (Å²) < 4.78 is 6.35. The summed E-state index contributed by atoms with van der Waals surface area (Å²) in [5.41, 5.74) is -0.991. The first-order valence-electron chi connectivity index (χ1n) is 11.5. The molecule has 3 heterocycles. The van der Waals surface area contributed by atoms with E-state index in [0.29, 0.717) is 25.8 Å². The highest BCUT2D eigenvalue weighted by atomic mass is 16.5. The van der Waals surface area contributed by atoms with Gasteiger partial charge < -0.3 is 25.4 Å². The van der Waals surface area contributed by atoms with E-state index in [9.17, 15) is 19.5 Å². The average molecular weight is 424 g/mol. The monoisotopic (exact) mass is 423 g/mol. The van der Waals surface area contributed by atoms with Gasteiger partial charge in [-0.25, -0.2) is 0 Å². The lowest BCUT2D eigenvalue weighted by Gasteiger charge is -2.37. The first-order valence-corrected chi connectivity index (χ1v) is 11.5. The van der Waals surface area contributed by atoms with Gasteiger partial charge in [0, 0.05) is 12.6 Å². The number of likely N-dealkylation sites (tertiary alicyclic amines) is 1. The predicted molar refractivity (Wildman–Crippen MR) is 111 cm³/mol. The van der Waals surface area contributed by atoms with Gasteiger partial charge in [0.1, 0.15) is 11.6 Å². The van der Waals surface area contributed by atoms with E-state index in [1.165, 1.54) is 4.90 Å². The number of hydrogen-bond acceptors (Lipinski definition) is 5. The minimum absolute atomic E-state index is 0.0219. The summed E-state index contributed by atoms with van der Waals surface area (Å²) in [6.07, 6.45) is 4.00. The highest BCUT2D eigenvalue weighted by molar-refractivity contribution is 5.99. The lowest BCUT2D eigenvalue weighted by Crippen LogP contribution is -2.59. The number of carbonyl (C=O) groups is 3. The molecule has 7 atom stereocenters. The number of nitrogens with zero attached hydrogens (tertiary/aromatic N) is 1. The maximum absolute atomic E-state index is 13.6. The van der Waals surface area contributed by atoms with Gasteiger partial charge in [0.25, 0.3) is 0 Å². The third-order valence-corrected chi connectivity index (χ3v) is 7.02. The first kappa shape index (κ1) is 23.0. The molecular formula is C22H37N3O5. The van der Waals surface area contributed by atoms with E-state index in [0.717, 1.165) is 19.3 Å². The van der Waals surface area contributed by atoms with Crippen molar-refractivity contribution in [3.63, 3.8) is 0 Å². The fourth-order valence-electron chi connectivity index (χ4n) is 5.69. The van der Waals surface area contributed by atoms with Crippen LogP contribution in [0.25, 0.3) is 0 Å². The molecule has 0 aromatic carbocycles. The van der Waals surface area contributed by atoms with Crippen LogP contribution in [0.3, 0.4) is 0 Å². The molecule has 3 unspecified atom stereocenters. The zero-order valence-corrected chi connectivity index (χ0v) is 18.6. The maximum Gasteiger partial charge on any atom is 0.246 e. The number of fused-ring (bicyclic) bond motifs is 1. The van der Waals surface area contributed by atoms with Crippen molar-refractivity contribution in [2.75, 3.05) is 13.2 Å². The molecule has 8 nitrogen and oxygen atoms in total. The van der Waals surface area contributed by atoms with Gasteiger partial charge in [0.2, 0.25) is 17.7 Å². The normalized spacial score (nSPS) is 34.0. The van der Waals surface area contributed by atoms with Crippen LogP contribution in [0.1, 0.15) is 66.2 Å². The van der Waals surface area contributed by atoms with E-state index < -0.39 is 29.5 Å². The zero-order valence-electron chi connectivity index (χ0n) is 18.6. The largest absolute Gasteiger partial charge is 0.394 e. The number of aliphatic hydroxyl groups is 1. The third kappa shape index (κ3) is 3.62. The summed E-state index contributed by atoms with van der Waals surface area (Å²) in [5.74, 6) is -1.90. The summed E-state index contributed by atoms with van der Waals surface area (Å²) in [6, 6.07) is -1.32. The number of amides is 3. The number of hydrogen-bond donors (Lipinski definition) is 3. The van der Waals surface area contributed by atoms with Gasteiger partial charge in [0.05, 0.1) is 30.6 Å². The van der Waals surface area contributed by atoms with Crippen molar-refractivity contribution in [1.29, 1.82) is 0 Å². The number of nitrogens with one attached hydrogen (secondary N) is 2. The Kier molecular flexibility index (Phi) is 7.07. The fraction of sp³-hybridized carbons (Fsp3) is 0.864. The summed E-state index contributed by atoms with van der Waals surface area (Å²) in [4.78, 5) is 41.5. The molecule has 2 bridgehead atoms. The number of rotatable bonds is 10. The molecule has 3 rings (SSSR count).